The van der Waals surface area contributed by atoms with Gasteiger partial charge in [0, 0.05) is 32.7 Å². The topological polar surface area (TPSA) is 15.3 Å². The van der Waals surface area contributed by atoms with Gasteiger partial charge in [0.05, 0.1) is 0 Å². The van der Waals surface area contributed by atoms with Crippen molar-refractivity contribution in [2.45, 2.75) is 13.8 Å². The van der Waals surface area contributed by atoms with Crippen LogP contribution >= 0.6 is 0 Å². The molecule has 0 bridgehead atoms. The van der Waals surface area contributed by atoms with Gasteiger partial charge in [-0.3, -0.25) is 4.90 Å². The summed E-state index contributed by atoms with van der Waals surface area (Å²) >= 11 is 0. The largest absolute Gasteiger partial charge is 0.314 e. The zero-order valence-corrected chi connectivity index (χ0v) is 9.42. The molecule has 1 rings (SSSR count). The number of hydrogen-bond donors (Lipinski definition) is 1. The minimum atomic E-state index is 0.564. The van der Waals surface area contributed by atoms with Crippen LogP contribution in [0.2, 0.25) is 0 Å². The highest BCUT2D eigenvalue weighted by atomic mass is 15.2. The van der Waals surface area contributed by atoms with E-state index in [4.69, 9.17) is 0 Å². The first-order chi connectivity index (χ1) is 6.70. The molecule has 2 nitrogen and oxygen atoms in total. The van der Waals surface area contributed by atoms with E-state index in [-0.39, 0.29) is 0 Å². The Morgan fingerprint density at radius 3 is 2.64 bits per heavy atom. The van der Waals surface area contributed by atoms with Gasteiger partial charge in [-0.2, -0.15) is 0 Å². The summed E-state index contributed by atoms with van der Waals surface area (Å²) in [6, 6.07) is 0. The quantitative estimate of drug-likeness (QED) is 0.685. The van der Waals surface area contributed by atoms with Crippen LogP contribution in [0.3, 0.4) is 0 Å². The van der Waals surface area contributed by atoms with Crippen molar-refractivity contribution in [3.63, 3.8) is 0 Å². The van der Waals surface area contributed by atoms with Crippen LogP contribution in [-0.2, 0) is 0 Å². The molecule has 0 saturated carbocycles. The molecule has 0 aromatic rings. The van der Waals surface area contributed by atoms with Crippen LogP contribution in [0.5, 0.6) is 0 Å². The normalized spacial score (nSPS) is 19.4. The Bertz CT molecular complexity index is 200. The van der Waals surface area contributed by atoms with E-state index in [1.165, 1.54) is 18.7 Å². The maximum absolute atomic E-state index is 4.02. The van der Waals surface area contributed by atoms with E-state index < -0.39 is 0 Å². The second-order valence-electron chi connectivity index (χ2n) is 4.18. The summed E-state index contributed by atoms with van der Waals surface area (Å²) < 4.78 is 0. The molecule has 1 N–H and O–H groups in total. The van der Waals surface area contributed by atoms with Gasteiger partial charge < -0.3 is 5.32 Å². The minimum Gasteiger partial charge on any atom is -0.314 e. The average Bonchev–Trinajstić information content (AvgIpc) is 2.19. The predicted octanol–water partition coefficient (Wildman–Crippen LogP) is 1.66. The van der Waals surface area contributed by atoms with E-state index >= 15 is 0 Å². The fourth-order valence-electron chi connectivity index (χ4n) is 1.44. The molecule has 80 valence electrons. The van der Waals surface area contributed by atoms with Crippen LogP contribution in [-0.4, -0.2) is 37.6 Å². The summed E-state index contributed by atoms with van der Waals surface area (Å²) in [6.07, 6.45) is 4.39. The van der Waals surface area contributed by atoms with Crippen LogP contribution in [0.4, 0.5) is 0 Å². The summed E-state index contributed by atoms with van der Waals surface area (Å²) in [5, 5.41) is 3.35. The Kier molecular flexibility index (Phi) is 4.91. The number of hydrogen-bond acceptors (Lipinski definition) is 2. The lowest BCUT2D eigenvalue weighted by Crippen LogP contribution is -2.43. The first-order valence-electron chi connectivity index (χ1n) is 5.48. The van der Waals surface area contributed by atoms with E-state index in [0.29, 0.717) is 5.92 Å². The number of nitrogens with zero attached hydrogens (tertiary/aromatic N) is 1. The van der Waals surface area contributed by atoms with Crippen molar-refractivity contribution in [3.8, 4) is 0 Å². The average molecular weight is 194 g/mol. The number of nitrogens with one attached hydrogen (secondary N) is 1. The third-order valence-corrected chi connectivity index (χ3v) is 2.65. The molecule has 0 radical (unpaired) electrons. The highest BCUT2D eigenvalue weighted by Gasteiger charge is 2.06. The Labute approximate surface area is 87.7 Å². The van der Waals surface area contributed by atoms with Crippen molar-refractivity contribution in [1.82, 2.24) is 10.2 Å². The first kappa shape index (κ1) is 11.5. The van der Waals surface area contributed by atoms with Crippen molar-refractivity contribution in [2.75, 3.05) is 32.7 Å². The van der Waals surface area contributed by atoms with E-state index in [9.17, 15) is 0 Å². The molecule has 1 heterocycles. The van der Waals surface area contributed by atoms with Gasteiger partial charge >= 0.3 is 0 Å². The smallest absolute Gasteiger partial charge is 0.0167 e. The molecule has 0 atom stereocenters. The Morgan fingerprint density at radius 1 is 1.43 bits per heavy atom. The van der Waals surface area contributed by atoms with Crippen molar-refractivity contribution >= 4 is 0 Å². The number of allylic oxidation sites excluding steroid dienone is 2. The maximum atomic E-state index is 4.02. The van der Waals surface area contributed by atoms with Gasteiger partial charge in [-0.15, -0.1) is 0 Å². The Morgan fingerprint density at radius 2 is 2.07 bits per heavy atom. The van der Waals surface area contributed by atoms with E-state index in [1.54, 1.807) is 0 Å². The summed E-state index contributed by atoms with van der Waals surface area (Å²) in [5.41, 5.74) is 1.22. The molecule has 0 aromatic heterocycles. The molecule has 0 aromatic carbocycles. The van der Waals surface area contributed by atoms with Gasteiger partial charge in [0.1, 0.15) is 0 Å². The summed E-state index contributed by atoms with van der Waals surface area (Å²) in [5.74, 6) is 0.564. The predicted molar refractivity (Wildman–Crippen MR) is 62.4 cm³/mol. The maximum Gasteiger partial charge on any atom is 0.0167 e. The summed E-state index contributed by atoms with van der Waals surface area (Å²) in [4.78, 5) is 2.46. The molecule has 0 spiro atoms. The van der Waals surface area contributed by atoms with Crippen LogP contribution in [0.25, 0.3) is 0 Å². The van der Waals surface area contributed by atoms with Crippen LogP contribution in [0.15, 0.2) is 24.3 Å². The molecule has 2 heteroatoms. The van der Waals surface area contributed by atoms with Gasteiger partial charge in [-0.05, 0) is 5.92 Å². The second-order valence-corrected chi connectivity index (χ2v) is 4.18. The van der Waals surface area contributed by atoms with Gasteiger partial charge in [0.25, 0.3) is 0 Å². The highest BCUT2D eigenvalue weighted by Crippen LogP contribution is 2.07. The molecule has 0 aliphatic carbocycles. The standard InChI is InChI=1S/C12H22N2/c1-11(2)12(3)5-4-8-14-9-6-13-7-10-14/h4-5,11,13H,3,6-10H2,1-2H3/b5-4+. The fourth-order valence-corrected chi connectivity index (χ4v) is 1.44. The number of rotatable bonds is 4. The highest BCUT2D eigenvalue weighted by molar-refractivity contribution is 5.16. The third kappa shape index (κ3) is 4.07. The fraction of sp³-hybridized carbons (Fsp3) is 0.667. The molecule has 0 unspecified atom stereocenters. The van der Waals surface area contributed by atoms with Gasteiger partial charge in [-0.1, -0.05) is 38.2 Å². The van der Waals surface area contributed by atoms with Gasteiger partial charge in [0.15, 0.2) is 0 Å². The summed E-state index contributed by atoms with van der Waals surface area (Å²) in [7, 11) is 0. The van der Waals surface area contributed by atoms with Crippen molar-refractivity contribution in [2.24, 2.45) is 5.92 Å². The Hall–Kier alpha value is -0.600. The van der Waals surface area contributed by atoms with Crippen LogP contribution < -0.4 is 5.32 Å². The zero-order valence-electron chi connectivity index (χ0n) is 9.42. The van der Waals surface area contributed by atoms with Crippen molar-refractivity contribution < 1.29 is 0 Å². The van der Waals surface area contributed by atoms with Crippen LogP contribution in [0, 0.1) is 5.92 Å². The number of piperazine rings is 1. The lowest BCUT2D eigenvalue weighted by molar-refractivity contribution is 0.265. The molecule has 0 amide bonds. The molecule has 1 fully saturated rings. The van der Waals surface area contributed by atoms with Crippen molar-refractivity contribution in [3.05, 3.63) is 24.3 Å². The van der Waals surface area contributed by atoms with Gasteiger partial charge in [-0.25, -0.2) is 0 Å². The van der Waals surface area contributed by atoms with E-state index in [1.807, 2.05) is 0 Å². The minimum absolute atomic E-state index is 0.564. The third-order valence-electron chi connectivity index (χ3n) is 2.65. The van der Waals surface area contributed by atoms with E-state index in [0.717, 1.165) is 19.6 Å². The van der Waals surface area contributed by atoms with Gasteiger partial charge in [0.2, 0.25) is 0 Å². The zero-order chi connectivity index (χ0) is 10.4. The Balaban J connectivity index is 2.21. The van der Waals surface area contributed by atoms with Crippen LogP contribution in [0.1, 0.15) is 13.8 Å². The summed E-state index contributed by atoms with van der Waals surface area (Å²) in [6.45, 7) is 14.0. The molecule has 14 heavy (non-hydrogen) atoms. The lowest BCUT2D eigenvalue weighted by Gasteiger charge is -2.25. The molecule has 1 saturated heterocycles. The second kappa shape index (κ2) is 5.99. The lowest BCUT2D eigenvalue weighted by atomic mass is 10.1. The van der Waals surface area contributed by atoms with E-state index in [2.05, 4.69) is 42.8 Å². The van der Waals surface area contributed by atoms with Crippen molar-refractivity contribution in [1.29, 1.82) is 0 Å². The molecular formula is C12H22N2. The molecule has 1 aliphatic heterocycles. The molecular weight excluding hydrogens is 172 g/mol. The molecule has 1 aliphatic rings. The monoisotopic (exact) mass is 194 g/mol. The SMILES string of the molecule is C=C(/C=C/CN1CCNCC1)C(C)C. The first-order valence-corrected chi connectivity index (χ1v) is 5.48.